The number of para-hydroxylation sites is 1. The summed E-state index contributed by atoms with van der Waals surface area (Å²) in [5.41, 5.74) is 2.21. The number of fused-ring (bicyclic) bond motifs is 1. The van der Waals surface area contributed by atoms with Crippen molar-refractivity contribution in [3.05, 3.63) is 55.2 Å². The highest BCUT2D eigenvalue weighted by Gasteiger charge is 2.20. The highest BCUT2D eigenvalue weighted by atomic mass is 35.5. The lowest BCUT2D eigenvalue weighted by Gasteiger charge is -2.28. The van der Waals surface area contributed by atoms with Gasteiger partial charge in [0, 0.05) is 37.3 Å². The molecule has 0 unspecified atom stereocenters. The molecule has 0 saturated carbocycles. The first kappa shape index (κ1) is 14.3. The number of halogens is 1. The molecule has 7 heteroatoms. The van der Waals surface area contributed by atoms with E-state index >= 15 is 0 Å². The smallest absolute Gasteiger partial charge is 0.256 e. The maximum atomic E-state index is 12.0. The van der Waals surface area contributed by atoms with Crippen molar-refractivity contribution < 1.29 is 5.11 Å². The SMILES string of the molecule is O=c1[nH]c(=S)[nH]c2c1CN(Cc1cccc(Cl)c1O)CC2. The molecule has 0 saturated heterocycles. The number of rotatable bonds is 2. The highest BCUT2D eigenvalue weighted by molar-refractivity contribution is 7.71. The molecule has 1 aromatic heterocycles. The summed E-state index contributed by atoms with van der Waals surface area (Å²) in [6.07, 6.45) is 0.726. The number of benzene rings is 1. The van der Waals surface area contributed by atoms with Crippen molar-refractivity contribution in [1.29, 1.82) is 0 Å². The van der Waals surface area contributed by atoms with Gasteiger partial charge >= 0.3 is 0 Å². The van der Waals surface area contributed by atoms with Gasteiger partial charge in [-0.2, -0.15) is 0 Å². The zero-order valence-electron chi connectivity index (χ0n) is 11.1. The number of nitrogens with one attached hydrogen (secondary N) is 2. The van der Waals surface area contributed by atoms with Gasteiger partial charge < -0.3 is 10.1 Å². The molecule has 3 N–H and O–H groups in total. The lowest BCUT2D eigenvalue weighted by molar-refractivity contribution is 0.238. The molecular weight excluding hydrogens is 310 g/mol. The van der Waals surface area contributed by atoms with E-state index in [0.29, 0.717) is 28.4 Å². The summed E-state index contributed by atoms with van der Waals surface area (Å²) in [6.45, 7) is 1.84. The molecule has 3 rings (SSSR count). The summed E-state index contributed by atoms with van der Waals surface area (Å²) in [4.78, 5) is 19.7. The molecule has 0 amide bonds. The molecule has 0 fully saturated rings. The van der Waals surface area contributed by atoms with Crippen molar-refractivity contribution >= 4 is 23.8 Å². The van der Waals surface area contributed by atoms with Crippen molar-refractivity contribution in [1.82, 2.24) is 14.9 Å². The van der Waals surface area contributed by atoms with E-state index in [9.17, 15) is 9.90 Å². The summed E-state index contributed by atoms with van der Waals surface area (Å²) in [5.74, 6) is 0.103. The van der Waals surface area contributed by atoms with Crippen molar-refractivity contribution in [2.75, 3.05) is 6.54 Å². The third-order valence-corrected chi connectivity index (χ3v) is 4.16. The Kier molecular flexibility index (Phi) is 3.84. The summed E-state index contributed by atoms with van der Waals surface area (Å²) in [5, 5.41) is 10.3. The van der Waals surface area contributed by atoms with Crippen LogP contribution in [0.1, 0.15) is 16.8 Å². The molecule has 110 valence electrons. The van der Waals surface area contributed by atoms with E-state index in [-0.39, 0.29) is 11.3 Å². The molecule has 1 aliphatic rings. The monoisotopic (exact) mass is 323 g/mol. The molecule has 0 atom stereocenters. The van der Waals surface area contributed by atoms with E-state index in [0.717, 1.165) is 24.2 Å². The first-order chi connectivity index (χ1) is 10.0. The second-order valence-electron chi connectivity index (χ2n) is 5.07. The van der Waals surface area contributed by atoms with Gasteiger partial charge in [0.25, 0.3) is 5.56 Å². The van der Waals surface area contributed by atoms with Crippen molar-refractivity contribution in [2.45, 2.75) is 19.5 Å². The Morgan fingerprint density at radius 2 is 2.19 bits per heavy atom. The van der Waals surface area contributed by atoms with E-state index in [1.54, 1.807) is 12.1 Å². The van der Waals surface area contributed by atoms with Crippen LogP contribution in [0.5, 0.6) is 5.75 Å². The van der Waals surface area contributed by atoms with E-state index in [1.807, 2.05) is 6.07 Å². The quantitative estimate of drug-likeness (QED) is 0.742. The predicted octanol–water partition coefficient (Wildman–Crippen LogP) is 2.35. The third-order valence-electron chi connectivity index (χ3n) is 3.65. The topological polar surface area (TPSA) is 72.1 Å². The van der Waals surface area contributed by atoms with Gasteiger partial charge in [0.1, 0.15) is 5.75 Å². The predicted molar refractivity (Wildman–Crippen MR) is 83.2 cm³/mol. The van der Waals surface area contributed by atoms with Crippen LogP contribution >= 0.6 is 23.8 Å². The standard InChI is InChI=1S/C14H14ClN3O2S/c15-10-3-1-2-8(12(10)19)6-18-5-4-11-9(7-18)13(20)17-14(21)16-11/h1-3,19H,4-7H2,(H2,16,17,20,21). The molecule has 2 heterocycles. The van der Waals surface area contributed by atoms with Crippen LogP contribution in [0, 0.1) is 4.77 Å². The van der Waals surface area contributed by atoms with Gasteiger partial charge in [-0.1, -0.05) is 23.7 Å². The van der Waals surface area contributed by atoms with Crippen molar-refractivity contribution in [2.24, 2.45) is 0 Å². The molecule has 0 bridgehead atoms. The fraction of sp³-hybridized carbons (Fsp3) is 0.286. The van der Waals surface area contributed by atoms with Gasteiger partial charge in [-0.15, -0.1) is 0 Å². The molecule has 1 aromatic carbocycles. The Labute approximate surface area is 131 Å². The first-order valence-corrected chi connectivity index (χ1v) is 7.36. The molecule has 2 aromatic rings. The summed E-state index contributed by atoms with van der Waals surface area (Å²) in [6, 6.07) is 5.29. The van der Waals surface area contributed by atoms with E-state index in [2.05, 4.69) is 14.9 Å². The maximum absolute atomic E-state index is 12.0. The number of H-pyrrole nitrogens is 2. The van der Waals surface area contributed by atoms with Gasteiger partial charge in [0.15, 0.2) is 4.77 Å². The minimum Gasteiger partial charge on any atom is -0.506 e. The summed E-state index contributed by atoms with van der Waals surface area (Å²) >= 11 is 10.9. The van der Waals surface area contributed by atoms with Crippen molar-refractivity contribution in [3.63, 3.8) is 0 Å². The zero-order chi connectivity index (χ0) is 15.0. The van der Waals surface area contributed by atoms with Crippen LogP contribution in [0.2, 0.25) is 5.02 Å². The molecule has 5 nitrogen and oxygen atoms in total. The normalized spacial score (nSPS) is 14.9. The molecule has 1 aliphatic heterocycles. The average molecular weight is 324 g/mol. The van der Waals surface area contributed by atoms with Crippen LogP contribution in [-0.2, 0) is 19.5 Å². The minimum absolute atomic E-state index is 0.103. The summed E-state index contributed by atoms with van der Waals surface area (Å²) < 4.78 is 0.361. The molecule has 0 spiro atoms. The summed E-state index contributed by atoms with van der Waals surface area (Å²) in [7, 11) is 0. The highest BCUT2D eigenvalue weighted by Crippen LogP contribution is 2.28. The second-order valence-corrected chi connectivity index (χ2v) is 5.89. The van der Waals surface area contributed by atoms with Gasteiger partial charge in [-0.25, -0.2) is 0 Å². The van der Waals surface area contributed by atoms with Crippen LogP contribution in [0.15, 0.2) is 23.0 Å². The number of hydrogen-bond donors (Lipinski definition) is 3. The van der Waals surface area contributed by atoms with Crippen LogP contribution in [0.4, 0.5) is 0 Å². The first-order valence-electron chi connectivity index (χ1n) is 6.57. The Morgan fingerprint density at radius 3 is 3.00 bits per heavy atom. The number of phenolic OH excluding ortho intramolecular Hbond substituents is 1. The van der Waals surface area contributed by atoms with E-state index < -0.39 is 0 Å². The number of aromatic hydroxyl groups is 1. The van der Waals surface area contributed by atoms with Crippen LogP contribution < -0.4 is 5.56 Å². The number of hydrogen-bond acceptors (Lipinski definition) is 4. The van der Waals surface area contributed by atoms with Crippen molar-refractivity contribution in [3.8, 4) is 5.75 Å². The Hall–Kier alpha value is -1.63. The Balaban J connectivity index is 1.85. The van der Waals surface area contributed by atoms with Gasteiger partial charge in [0.2, 0.25) is 0 Å². The number of nitrogens with zero attached hydrogens (tertiary/aromatic N) is 1. The molecule has 21 heavy (non-hydrogen) atoms. The number of aromatic amines is 2. The lowest BCUT2D eigenvalue weighted by atomic mass is 10.1. The number of phenols is 1. The van der Waals surface area contributed by atoms with E-state index in [4.69, 9.17) is 23.8 Å². The zero-order valence-corrected chi connectivity index (χ0v) is 12.7. The second kappa shape index (κ2) is 5.63. The van der Waals surface area contributed by atoms with Gasteiger partial charge in [-0.3, -0.25) is 14.7 Å². The molecular formula is C14H14ClN3O2S. The fourth-order valence-corrected chi connectivity index (χ4v) is 2.99. The van der Waals surface area contributed by atoms with Gasteiger partial charge in [0.05, 0.1) is 10.6 Å². The number of aromatic nitrogens is 2. The third kappa shape index (κ3) is 2.88. The molecule has 0 aliphatic carbocycles. The van der Waals surface area contributed by atoms with Crippen LogP contribution in [-0.4, -0.2) is 26.5 Å². The van der Waals surface area contributed by atoms with Gasteiger partial charge in [-0.05, 0) is 18.3 Å². The van der Waals surface area contributed by atoms with Crippen LogP contribution in [0.25, 0.3) is 0 Å². The Morgan fingerprint density at radius 1 is 1.38 bits per heavy atom. The van der Waals surface area contributed by atoms with E-state index in [1.165, 1.54) is 0 Å². The van der Waals surface area contributed by atoms with Crippen LogP contribution in [0.3, 0.4) is 0 Å². The fourth-order valence-electron chi connectivity index (χ4n) is 2.58. The largest absolute Gasteiger partial charge is 0.506 e. The Bertz CT molecular complexity index is 800. The minimum atomic E-state index is -0.145. The molecule has 0 radical (unpaired) electrons. The lowest BCUT2D eigenvalue weighted by Crippen LogP contribution is -2.35. The average Bonchev–Trinajstić information content (AvgIpc) is 2.44. The maximum Gasteiger partial charge on any atom is 0.256 e.